The first kappa shape index (κ1) is 30.5. The smallest absolute Gasteiger partial charge is 0.216 e. The second-order valence-electron chi connectivity index (χ2n) is 12.2. The van der Waals surface area contributed by atoms with Gasteiger partial charge in [0.2, 0.25) is 5.71 Å². The molecule has 6 rings (SSSR count). The van der Waals surface area contributed by atoms with Crippen molar-refractivity contribution in [1.82, 2.24) is 15.0 Å². The standard InChI is InChI=1S/C20H17N2O.C17H21FNSi.Ir/c1-12(2)14-9-10-21-18(11-14)17-6-4-5-15-16-8-7-13(3)22-20(16)23-19(15)17;1-12(2)15-10-16(13-6-8-14(18)9-7-13)19-11-17(15)20(3,4)5;/h4-5,7-12H,1-3H3;6,8-12H,1-5H3;/q2*-1;/i2*12D;. The maximum absolute atomic E-state index is 13.0. The summed E-state index contributed by atoms with van der Waals surface area (Å²) < 4.78 is 35.7. The molecule has 0 amide bonds. The average molecular weight is 782 g/mol. The van der Waals surface area contributed by atoms with Crippen LogP contribution in [0.2, 0.25) is 19.6 Å². The van der Waals surface area contributed by atoms with Crippen molar-refractivity contribution < 1.29 is 31.7 Å². The predicted octanol–water partition coefficient (Wildman–Crippen LogP) is 9.63. The number of halogens is 1. The Kier molecular flexibility index (Phi) is 9.46. The van der Waals surface area contributed by atoms with E-state index in [4.69, 9.17) is 7.16 Å². The maximum atomic E-state index is 13.0. The topological polar surface area (TPSA) is 51.8 Å². The van der Waals surface area contributed by atoms with Gasteiger partial charge in [-0.15, -0.1) is 48.0 Å². The third-order valence-corrected chi connectivity index (χ3v) is 9.35. The van der Waals surface area contributed by atoms with Crippen LogP contribution < -0.4 is 5.19 Å². The monoisotopic (exact) mass is 782 g/mol. The third kappa shape index (κ3) is 7.23. The van der Waals surface area contributed by atoms with Gasteiger partial charge in [0.25, 0.3) is 0 Å². The minimum Gasteiger partial charge on any atom is -0.486 e. The van der Waals surface area contributed by atoms with E-state index in [2.05, 4.69) is 46.7 Å². The number of hydrogen-bond acceptors (Lipinski definition) is 4. The Bertz CT molecular complexity index is 1990. The molecule has 0 fully saturated rings. The number of pyridine rings is 3. The minimum atomic E-state index is -1.57. The van der Waals surface area contributed by atoms with Crippen molar-refractivity contribution in [2.45, 2.75) is 66.0 Å². The molecule has 4 nitrogen and oxygen atoms in total. The molecule has 44 heavy (non-hydrogen) atoms. The molecule has 0 spiro atoms. The average Bonchev–Trinajstić information content (AvgIpc) is 3.34. The zero-order valence-corrected chi connectivity index (χ0v) is 29.8. The molecule has 7 heteroatoms. The van der Waals surface area contributed by atoms with E-state index in [0.29, 0.717) is 5.71 Å². The van der Waals surface area contributed by atoms with Crippen LogP contribution in [0.3, 0.4) is 0 Å². The van der Waals surface area contributed by atoms with Crippen molar-refractivity contribution in [2.75, 3.05) is 0 Å². The Balaban J connectivity index is 0.000000207. The van der Waals surface area contributed by atoms with E-state index in [9.17, 15) is 4.39 Å². The number of benzene rings is 2. The molecule has 0 aliphatic carbocycles. The molecular formula is C37H38FIrN3OSi-2. The van der Waals surface area contributed by atoms with Gasteiger partial charge in [-0.3, -0.25) is 4.39 Å². The fourth-order valence-corrected chi connectivity index (χ4v) is 6.54. The molecule has 0 saturated heterocycles. The molecule has 0 bridgehead atoms. The summed E-state index contributed by atoms with van der Waals surface area (Å²) in [6.45, 7) is 16.2. The number of rotatable bonds is 5. The van der Waals surface area contributed by atoms with Gasteiger partial charge < -0.3 is 14.4 Å². The minimum absolute atomic E-state index is 0. The molecule has 4 heterocycles. The van der Waals surface area contributed by atoms with E-state index in [0.717, 1.165) is 55.7 Å². The predicted molar refractivity (Wildman–Crippen MR) is 178 cm³/mol. The fourth-order valence-electron chi connectivity index (χ4n) is 4.96. The molecule has 1 radical (unpaired) electrons. The van der Waals surface area contributed by atoms with Crippen LogP contribution in [-0.4, -0.2) is 23.0 Å². The van der Waals surface area contributed by atoms with Crippen molar-refractivity contribution >= 4 is 35.3 Å². The summed E-state index contributed by atoms with van der Waals surface area (Å²) in [6, 6.07) is 24.2. The molecule has 0 saturated carbocycles. The number of fused-ring (bicyclic) bond motifs is 3. The van der Waals surface area contributed by atoms with Crippen molar-refractivity contribution in [2.24, 2.45) is 0 Å². The van der Waals surface area contributed by atoms with Crippen molar-refractivity contribution in [3.63, 3.8) is 0 Å². The molecule has 0 N–H and O–H groups in total. The Morgan fingerprint density at radius 1 is 0.886 bits per heavy atom. The molecular weight excluding hydrogens is 742 g/mol. The van der Waals surface area contributed by atoms with Crippen LogP contribution >= 0.6 is 0 Å². The van der Waals surface area contributed by atoms with E-state index in [-0.39, 0.29) is 25.9 Å². The third-order valence-electron chi connectivity index (χ3n) is 7.33. The van der Waals surface area contributed by atoms with Crippen LogP contribution in [0.25, 0.3) is 44.6 Å². The molecule has 6 aromatic rings. The van der Waals surface area contributed by atoms with Gasteiger partial charge in [-0.05, 0) is 53.5 Å². The van der Waals surface area contributed by atoms with Gasteiger partial charge >= 0.3 is 0 Å². The van der Waals surface area contributed by atoms with E-state index >= 15 is 0 Å². The van der Waals surface area contributed by atoms with Crippen LogP contribution in [0, 0.1) is 24.9 Å². The summed E-state index contributed by atoms with van der Waals surface area (Å²) in [7, 11) is -1.57. The summed E-state index contributed by atoms with van der Waals surface area (Å²) in [6.07, 6.45) is 3.63. The van der Waals surface area contributed by atoms with Crippen LogP contribution in [-0.2, 0) is 20.1 Å². The van der Waals surface area contributed by atoms with Crippen LogP contribution in [0.5, 0.6) is 0 Å². The molecule has 0 unspecified atom stereocenters. The molecule has 0 atom stereocenters. The summed E-state index contributed by atoms with van der Waals surface area (Å²) in [5.41, 5.74) is 7.25. The van der Waals surface area contributed by atoms with Gasteiger partial charge in [-0.25, -0.2) is 4.98 Å². The van der Waals surface area contributed by atoms with E-state index in [1.54, 1.807) is 12.3 Å². The van der Waals surface area contributed by atoms with Gasteiger partial charge in [0.1, 0.15) is 0 Å². The van der Waals surface area contributed by atoms with Crippen molar-refractivity contribution in [1.29, 1.82) is 0 Å². The van der Waals surface area contributed by atoms with Gasteiger partial charge in [-0.1, -0.05) is 81.5 Å². The Hall–Kier alpha value is -3.51. The summed E-state index contributed by atoms with van der Waals surface area (Å²) in [4.78, 5) is 13.5. The molecule has 2 aromatic carbocycles. The summed E-state index contributed by atoms with van der Waals surface area (Å²) >= 11 is 0. The largest absolute Gasteiger partial charge is 0.486 e. The Labute approximate surface area is 277 Å². The van der Waals surface area contributed by atoms with Crippen LogP contribution in [0.15, 0.2) is 77.5 Å². The number of furan rings is 1. The Morgan fingerprint density at radius 3 is 2.32 bits per heavy atom. The van der Waals surface area contributed by atoms with Crippen molar-refractivity contribution in [3.8, 4) is 22.5 Å². The van der Waals surface area contributed by atoms with E-state index in [1.165, 1.54) is 17.3 Å². The molecule has 0 aliphatic rings. The second kappa shape index (κ2) is 13.6. The summed E-state index contributed by atoms with van der Waals surface area (Å²) in [5, 5.41) is 3.19. The maximum Gasteiger partial charge on any atom is 0.216 e. The SMILES string of the molecule is [2H]C(C)(C)c1cc(-c2[c-]cc(F)cc2)ncc1[Si](C)(C)C.[2H]C(C)(C)c1ccnc(-c2[c-]ccc3c2oc2nc(C)ccc23)c1.[Ir]. The zero-order chi connectivity index (χ0) is 32.7. The van der Waals surface area contributed by atoms with Gasteiger partial charge in [0.15, 0.2) is 0 Å². The van der Waals surface area contributed by atoms with E-state index < -0.39 is 19.9 Å². The fraction of sp³-hybridized carbons (Fsp3) is 0.270. The van der Waals surface area contributed by atoms with Gasteiger partial charge in [-0.2, -0.15) is 0 Å². The first-order chi connectivity index (χ1) is 21.0. The van der Waals surface area contributed by atoms with Crippen LogP contribution in [0.4, 0.5) is 4.39 Å². The second-order valence-corrected chi connectivity index (χ2v) is 17.3. The molecule has 4 aromatic heterocycles. The van der Waals surface area contributed by atoms with Crippen LogP contribution in [0.1, 0.15) is 59.0 Å². The van der Waals surface area contributed by atoms with Gasteiger partial charge in [0.05, 0.1) is 13.7 Å². The molecule has 229 valence electrons. The van der Waals surface area contributed by atoms with E-state index in [1.807, 2.05) is 83.3 Å². The first-order valence-electron chi connectivity index (χ1n) is 15.4. The zero-order valence-electron chi connectivity index (χ0n) is 28.4. The number of nitrogens with zero attached hydrogens (tertiary/aromatic N) is 3. The van der Waals surface area contributed by atoms with Crippen molar-refractivity contribution in [3.05, 3.63) is 108 Å². The number of aromatic nitrogens is 3. The van der Waals surface area contributed by atoms with Gasteiger partial charge in [0, 0.05) is 52.1 Å². The molecule has 0 aliphatic heterocycles. The number of hydrogen-bond donors (Lipinski definition) is 0. The normalized spacial score (nSPS) is 12.7. The Morgan fingerprint density at radius 2 is 1.66 bits per heavy atom. The first-order valence-corrected chi connectivity index (χ1v) is 17.9. The quantitative estimate of drug-likeness (QED) is 0.129. The summed E-state index contributed by atoms with van der Waals surface area (Å²) in [5.74, 6) is -1.68. The number of aryl methyl sites for hydroxylation is 1.